The quantitative estimate of drug-likeness (QED) is 0.286. The summed E-state index contributed by atoms with van der Waals surface area (Å²) in [5.41, 5.74) is 0.946. The molecule has 0 saturated heterocycles. The van der Waals surface area contributed by atoms with Gasteiger partial charge in [-0.25, -0.2) is 9.18 Å². The van der Waals surface area contributed by atoms with Crippen LogP contribution in [0.15, 0.2) is 54.6 Å². The Bertz CT molecular complexity index is 1000. The highest BCUT2D eigenvalue weighted by atomic mass is 19.1. The van der Waals surface area contributed by atoms with Gasteiger partial charge in [0.05, 0.1) is 0 Å². The van der Waals surface area contributed by atoms with Crippen LogP contribution in [0.3, 0.4) is 0 Å². The maximum atomic E-state index is 14.3. The zero-order valence-electron chi connectivity index (χ0n) is 14.1. The Morgan fingerprint density at radius 2 is 1.89 bits per heavy atom. The second kappa shape index (κ2) is 7.74. The first-order valence-electron chi connectivity index (χ1n) is 8.09. The predicted octanol–water partition coefficient (Wildman–Crippen LogP) is 3.78. The van der Waals surface area contributed by atoms with Crippen LogP contribution in [0, 0.1) is 15.9 Å². The molecule has 3 rings (SSSR count). The fourth-order valence-corrected chi connectivity index (χ4v) is 2.83. The van der Waals surface area contributed by atoms with Crippen molar-refractivity contribution in [1.82, 2.24) is 0 Å². The van der Waals surface area contributed by atoms with Crippen molar-refractivity contribution in [3.8, 4) is 16.9 Å². The smallest absolute Gasteiger partial charge is 0.347 e. The minimum atomic E-state index is -1.03. The van der Waals surface area contributed by atoms with E-state index in [2.05, 4.69) is 0 Å². The van der Waals surface area contributed by atoms with E-state index in [9.17, 15) is 24.1 Å². The van der Waals surface area contributed by atoms with Crippen molar-refractivity contribution in [2.24, 2.45) is 0 Å². The Morgan fingerprint density at radius 1 is 1.11 bits per heavy atom. The monoisotopic (exact) mass is 367 g/mol. The number of aldehydes is 1. The second-order valence-corrected chi connectivity index (χ2v) is 5.79. The van der Waals surface area contributed by atoms with Gasteiger partial charge in [-0.3, -0.25) is 14.9 Å². The van der Waals surface area contributed by atoms with Gasteiger partial charge in [0.25, 0.3) is 0 Å². The van der Waals surface area contributed by atoms with Gasteiger partial charge in [-0.2, -0.15) is 0 Å². The Hall–Kier alpha value is -3.61. The Morgan fingerprint density at radius 3 is 2.63 bits per heavy atom. The number of benzene rings is 1. The number of carbonyl (C=O) groups excluding carboxylic acids is 2. The van der Waals surface area contributed by atoms with E-state index >= 15 is 0 Å². The molecule has 7 heteroatoms. The Labute approximate surface area is 153 Å². The van der Waals surface area contributed by atoms with E-state index in [0.717, 1.165) is 11.6 Å². The lowest BCUT2D eigenvalue weighted by atomic mass is 9.99. The summed E-state index contributed by atoms with van der Waals surface area (Å²) < 4.78 is 19.6. The molecule has 0 aliphatic heterocycles. The maximum absolute atomic E-state index is 14.3. The molecule has 0 saturated carbocycles. The number of halogens is 1. The van der Waals surface area contributed by atoms with Crippen molar-refractivity contribution in [3.63, 3.8) is 0 Å². The van der Waals surface area contributed by atoms with Crippen LogP contribution in [-0.4, -0.2) is 23.7 Å². The van der Waals surface area contributed by atoms with Crippen LogP contribution < -0.4 is 4.74 Å². The number of nitro groups is 1. The molecule has 0 aromatic heterocycles. The average Bonchev–Trinajstić information content (AvgIpc) is 2.86. The third-order valence-corrected chi connectivity index (χ3v) is 4.12. The second-order valence-electron chi connectivity index (χ2n) is 5.79. The van der Waals surface area contributed by atoms with E-state index in [-0.39, 0.29) is 23.3 Å². The van der Waals surface area contributed by atoms with E-state index in [1.165, 1.54) is 6.07 Å². The van der Waals surface area contributed by atoms with E-state index in [1.807, 2.05) is 18.2 Å². The van der Waals surface area contributed by atoms with Crippen molar-refractivity contribution >= 4 is 12.3 Å². The zero-order chi connectivity index (χ0) is 19.4. The van der Waals surface area contributed by atoms with Crippen LogP contribution >= 0.6 is 0 Å². The summed E-state index contributed by atoms with van der Waals surface area (Å²) >= 11 is 0. The minimum absolute atomic E-state index is 0.100. The molecule has 1 aromatic carbocycles. The molecule has 0 amide bonds. The molecular weight excluding hydrogens is 353 g/mol. The first kappa shape index (κ1) is 18.2. The molecule has 6 nitrogen and oxygen atoms in total. The predicted molar refractivity (Wildman–Crippen MR) is 95.4 cm³/mol. The standard InChI is InChI=1S/C20H14FNO5/c21-17-8-6-14(10-11-22(25)26)16(12-23)19(17)20(24)27-18-9-7-13-4-2-1-3-5-15(13)18/h1-9,12H,10-11H2. The van der Waals surface area contributed by atoms with Gasteiger partial charge in [0.2, 0.25) is 6.54 Å². The molecule has 2 aliphatic rings. The lowest BCUT2D eigenvalue weighted by molar-refractivity contribution is -0.479. The van der Waals surface area contributed by atoms with Crippen molar-refractivity contribution < 1.29 is 23.6 Å². The van der Waals surface area contributed by atoms with E-state index in [0.29, 0.717) is 11.8 Å². The molecule has 0 atom stereocenters. The van der Waals surface area contributed by atoms with Crippen molar-refractivity contribution in [3.05, 3.63) is 87.2 Å². The molecule has 136 valence electrons. The average molecular weight is 367 g/mol. The summed E-state index contributed by atoms with van der Waals surface area (Å²) in [7, 11) is 0. The van der Waals surface area contributed by atoms with E-state index in [4.69, 9.17) is 4.74 Å². The van der Waals surface area contributed by atoms with Gasteiger partial charge in [-0.1, -0.05) is 42.5 Å². The zero-order valence-corrected chi connectivity index (χ0v) is 14.1. The number of ether oxygens (including phenoxy) is 1. The van der Waals surface area contributed by atoms with Gasteiger partial charge in [0.15, 0.2) is 6.29 Å². The molecule has 0 heterocycles. The third-order valence-electron chi connectivity index (χ3n) is 4.12. The number of carbonyl (C=O) groups is 2. The van der Waals surface area contributed by atoms with Crippen LogP contribution in [0.25, 0.3) is 11.1 Å². The molecular formula is C20H14FNO5. The van der Waals surface area contributed by atoms with Gasteiger partial charge in [-0.15, -0.1) is 0 Å². The van der Waals surface area contributed by atoms with Crippen LogP contribution in [0.1, 0.15) is 26.3 Å². The fourth-order valence-electron chi connectivity index (χ4n) is 2.83. The van der Waals surface area contributed by atoms with E-state index in [1.54, 1.807) is 24.3 Å². The molecule has 0 spiro atoms. The van der Waals surface area contributed by atoms with Crippen molar-refractivity contribution in [1.29, 1.82) is 0 Å². The number of hydrogen-bond donors (Lipinski definition) is 0. The summed E-state index contributed by atoms with van der Waals surface area (Å²) in [5.74, 6) is -1.72. The summed E-state index contributed by atoms with van der Waals surface area (Å²) in [4.78, 5) is 34.1. The summed E-state index contributed by atoms with van der Waals surface area (Å²) in [5, 5.41) is 10.6. The normalized spacial score (nSPS) is 10.6. The Kier molecular flexibility index (Phi) is 5.21. The van der Waals surface area contributed by atoms with Crippen molar-refractivity contribution in [2.45, 2.75) is 6.42 Å². The Balaban J connectivity index is 1.95. The highest BCUT2D eigenvalue weighted by molar-refractivity contribution is 6.01. The topological polar surface area (TPSA) is 86.5 Å². The minimum Gasteiger partial charge on any atom is -0.422 e. The molecule has 2 aliphatic carbocycles. The maximum Gasteiger partial charge on any atom is 0.347 e. The lowest BCUT2D eigenvalue weighted by Gasteiger charge is -2.10. The van der Waals surface area contributed by atoms with Crippen LogP contribution in [0.4, 0.5) is 4.39 Å². The molecule has 1 aromatic rings. The van der Waals surface area contributed by atoms with Crippen LogP contribution in [-0.2, 0) is 6.42 Å². The number of fused-ring (bicyclic) bond motifs is 1. The summed E-state index contributed by atoms with van der Waals surface area (Å²) in [6.45, 7) is -0.440. The van der Waals surface area contributed by atoms with Gasteiger partial charge in [-0.05, 0) is 23.3 Å². The van der Waals surface area contributed by atoms with Gasteiger partial charge < -0.3 is 4.74 Å². The summed E-state index contributed by atoms with van der Waals surface area (Å²) in [6.07, 6.45) is 0.217. The largest absolute Gasteiger partial charge is 0.422 e. The summed E-state index contributed by atoms with van der Waals surface area (Å²) in [6, 6.07) is 14.6. The molecule has 27 heavy (non-hydrogen) atoms. The highest BCUT2D eigenvalue weighted by Gasteiger charge is 2.23. The first-order chi connectivity index (χ1) is 13.0. The number of rotatable bonds is 6. The van der Waals surface area contributed by atoms with Gasteiger partial charge >= 0.3 is 5.97 Å². The number of hydrogen-bond acceptors (Lipinski definition) is 5. The van der Waals surface area contributed by atoms with Crippen molar-refractivity contribution in [2.75, 3.05) is 6.54 Å². The molecule has 0 bridgehead atoms. The van der Waals surface area contributed by atoms with Crippen LogP contribution in [0.5, 0.6) is 5.75 Å². The number of esters is 1. The molecule has 0 fully saturated rings. The van der Waals surface area contributed by atoms with Gasteiger partial charge in [0.1, 0.15) is 17.1 Å². The first-order valence-corrected chi connectivity index (χ1v) is 8.09. The fraction of sp³-hybridized carbons (Fsp3) is 0.100. The van der Waals surface area contributed by atoms with E-state index < -0.39 is 28.8 Å². The number of nitrogens with zero attached hydrogens (tertiary/aromatic N) is 1. The molecule has 0 radical (unpaired) electrons. The lowest BCUT2D eigenvalue weighted by Crippen LogP contribution is -2.16. The SMILES string of the molecule is O=Cc1c(CC[N+](=O)[O-])ccc(F)c1C(=O)Oc1ccc2cccccc1-2. The van der Waals surface area contributed by atoms with Gasteiger partial charge in [0, 0.05) is 22.5 Å². The third kappa shape index (κ3) is 3.82. The van der Waals surface area contributed by atoms with Crippen LogP contribution in [0.2, 0.25) is 0 Å². The molecule has 0 unspecified atom stereocenters. The highest BCUT2D eigenvalue weighted by Crippen LogP contribution is 2.34. The molecule has 0 N–H and O–H groups in total.